The fraction of sp³-hybridized carbons (Fsp3) is 0.235. The lowest BCUT2D eigenvalue weighted by atomic mass is 9.90. The Morgan fingerprint density at radius 2 is 1.75 bits per heavy atom. The first-order chi connectivity index (χ1) is 9.60. The van der Waals surface area contributed by atoms with Crippen LogP contribution in [0.5, 0.6) is 0 Å². The van der Waals surface area contributed by atoms with Crippen molar-refractivity contribution < 1.29 is 15.0 Å². The zero-order valence-electron chi connectivity index (χ0n) is 11.0. The average molecular weight is 268 g/mol. The molecule has 3 rings (SSSR count). The highest BCUT2D eigenvalue weighted by atomic mass is 16.4. The van der Waals surface area contributed by atoms with E-state index in [0.717, 1.165) is 16.7 Å². The summed E-state index contributed by atoms with van der Waals surface area (Å²) in [6.45, 7) is 0. The van der Waals surface area contributed by atoms with Crippen molar-refractivity contribution >= 4 is 5.97 Å². The number of carboxylic acid groups (broad SMARTS) is 1. The number of benzene rings is 2. The Hall–Kier alpha value is -2.13. The second-order valence-electron chi connectivity index (χ2n) is 5.36. The second kappa shape index (κ2) is 4.76. The lowest BCUT2D eigenvalue weighted by Crippen LogP contribution is -2.26. The molecule has 0 saturated carbocycles. The molecule has 0 bridgehead atoms. The summed E-state index contributed by atoms with van der Waals surface area (Å²) >= 11 is 0. The number of carbonyl (C=O) groups is 1. The van der Waals surface area contributed by atoms with E-state index in [1.165, 1.54) is 0 Å². The topological polar surface area (TPSA) is 57.5 Å². The van der Waals surface area contributed by atoms with E-state index in [2.05, 4.69) is 0 Å². The zero-order valence-corrected chi connectivity index (χ0v) is 11.0. The van der Waals surface area contributed by atoms with Crippen molar-refractivity contribution in [1.29, 1.82) is 0 Å². The minimum atomic E-state index is -1.27. The standard InChI is InChI=1S/C17H16O3/c18-16(19)11-17(20)10-14(12-6-2-1-3-7-12)13-8-4-5-9-15(13)17/h1-9,14,20H,10-11H2,(H,18,19). The van der Waals surface area contributed by atoms with Crippen LogP contribution >= 0.6 is 0 Å². The van der Waals surface area contributed by atoms with Crippen molar-refractivity contribution in [2.75, 3.05) is 0 Å². The van der Waals surface area contributed by atoms with Crippen LogP contribution < -0.4 is 0 Å². The summed E-state index contributed by atoms with van der Waals surface area (Å²) in [4.78, 5) is 11.1. The number of hydrogen-bond acceptors (Lipinski definition) is 2. The fourth-order valence-electron chi connectivity index (χ4n) is 3.18. The lowest BCUT2D eigenvalue weighted by molar-refractivity contribution is -0.143. The van der Waals surface area contributed by atoms with Crippen molar-refractivity contribution in [1.82, 2.24) is 0 Å². The monoisotopic (exact) mass is 268 g/mol. The first-order valence-electron chi connectivity index (χ1n) is 6.69. The van der Waals surface area contributed by atoms with E-state index in [9.17, 15) is 9.90 Å². The van der Waals surface area contributed by atoms with E-state index >= 15 is 0 Å². The predicted octanol–water partition coefficient (Wildman–Crippen LogP) is 2.88. The van der Waals surface area contributed by atoms with Gasteiger partial charge in [-0.05, 0) is 23.1 Å². The third kappa shape index (κ3) is 2.10. The molecular formula is C17H16O3. The largest absolute Gasteiger partial charge is 0.481 e. The molecule has 0 aliphatic heterocycles. The van der Waals surface area contributed by atoms with Gasteiger partial charge in [-0.3, -0.25) is 4.79 Å². The first kappa shape index (κ1) is 12.9. The highest BCUT2D eigenvalue weighted by Crippen LogP contribution is 2.49. The molecule has 102 valence electrons. The van der Waals surface area contributed by atoms with Crippen LogP contribution in [0.15, 0.2) is 54.6 Å². The number of fused-ring (bicyclic) bond motifs is 1. The molecule has 0 fully saturated rings. The third-order valence-corrected chi connectivity index (χ3v) is 4.02. The van der Waals surface area contributed by atoms with Crippen LogP contribution in [0.4, 0.5) is 0 Å². The van der Waals surface area contributed by atoms with Gasteiger partial charge in [0, 0.05) is 5.92 Å². The van der Waals surface area contributed by atoms with Crippen LogP contribution in [0.25, 0.3) is 0 Å². The van der Waals surface area contributed by atoms with E-state index in [4.69, 9.17) is 5.11 Å². The van der Waals surface area contributed by atoms with Gasteiger partial charge in [-0.15, -0.1) is 0 Å². The third-order valence-electron chi connectivity index (χ3n) is 4.02. The number of aliphatic hydroxyl groups is 1. The van der Waals surface area contributed by atoms with Gasteiger partial charge >= 0.3 is 5.97 Å². The van der Waals surface area contributed by atoms with Crippen molar-refractivity contribution in [3.8, 4) is 0 Å². The Kier molecular flexibility index (Phi) is 3.07. The van der Waals surface area contributed by atoms with E-state index in [-0.39, 0.29) is 12.3 Å². The first-order valence-corrected chi connectivity index (χ1v) is 6.69. The van der Waals surface area contributed by atoms with Crippen molar-refractivity contribution in [3.63, 3.8) is 0 Å². The van der Waals surface area contributed by atoms with Gasteiger partial charge in [-0.2, -0.15) is 0 Å². The molecule has 1 aliphatic carbocycles. The summed E-state index contributed by atoms with van der Waals surface area (Å²) < 4.78 is 0. The molecule has 2 aromatic carbocycles. The van der Waals surface area contributed by atoms with Gasteiger partial charge in [0.25, 0.3) is 0 Å². The molecule has 1 aliphatic rings. The molecule has 2 atom stereocenters. The number of hydrogen-bond donors (Lipinski definition) is 2. The molecule has 2 unspecified atom stereocenters. The Bertz CT molecular complexity index is 636. The minimum Gasteiger partial charge on any atom is -0.481 e. The Labute approximate surface area is 117 Å². The molecule has 3 heteroatoms. The van der Waals surface area contributed by atoms with Crippen LogP contribution in [0.1, 0.15) is 35.4 Å². The van der Waals surface area contributed by atoms with Crippen molar-refractivity contribution in [3.05, 3.63) is 71.3 Å². The maximum absolute atomic E-state index is 11.1. The Morgan fingerprint density at radius 3 is 2.45 bits per heavy atom. The summed E-state index contributed by atoms with van der Waals surface area (Å²) in [7, 11) is 0. The minimum absolute atomic E-state index is 0.0525. The highest BCUT2D eigenvalue weighted by molar-refractivity contribution is 5.69. The SMILES string of the molecule is O=C(O)CC1(O)CC(c2ccccc2)c2ccccc21. The molecule has 20 heavy (non-hydrogen) atoms. The predicted molar refractivity (Wildman–Crippen MR) is 75.5 cm³/mol. The smallest absolute Gasteiger partial charge is 0.306 e. The van der Waals surface area contributed by atoms with Crippen LogP contribution in [-0.2, 0) is 10.4 Å². The fourth-order valence-corrected chi connectivity index (χ4v) is 3.18. The molecule has 2 N–H and O–H groups in total. The van der Waals surface area contributed by atoms with Crippen LogP contribution in [0.3, 0.4) is 0 Å². The summed E-state index contributed by atoms with van der Waals surface area (Å²) in [6.07, 6.45) is 0.163. The number of aliphatic carboxylic acids is 1. The molecule has 3 nitrogen and oxygen atoms in total. The molecule has 0 heterocycles. The highest BCUT2D eigenvalue weighted by Gasteiger charge is 2.43. The van der Waals surface area contributed by atoms with E-state index in [0.29, 0.717) is 6.42 Å². The van der Waals surface area contributed by atoms with E-state index in [1.807, 2.05) is 54.6 Å². The molecule has 2 aromatic rings. The molecule has 0 saturated heterocycles. The molecule has 0 aromatic heterocycles. The van der Waals surface area contributed by atoms with Gasteiger partial charge in [0.2, 0.25) is 0 Å². The summed E-state index contributed by atoms with van der Waals surface area (Å²) in [5, 5.41) is 19.8. The van der Waals surface area contributed by atoms with Crippen molar-refractivity contribution in [2.24, 2.45) is 0 Å². The molecule has 0 spiro atoms. The van der Waals surface area contributed by atoms with Gasteiger partial charge < -0.3 is 10.2 Å². The van der Waals surface area contributed by atoms with Crippen LogP contribution in [-0.4, -0.2) is 16.2 Å². The molecular weight excluding hydrogens is 252 g/mol. The van der Waals surface area contributed by atoms with Gasteiger partial charge in [0.05, 0.1) is 6.42 Å². The number of carboxylic acids is 1. The lowest BCUT2D eigenvalue weighted by Gasteiger charge is -2.22. The van der Waals surface area contributed by atoms with Gasteiger partial charge in [-0.25, -0.2) is 0 Å². The quantitative estimate of drug-likeness (QED) is 0.900. The Balaban J connectivity index is 2.07. The van der Waals surface area contributed by atoms with Gasteiger partial charge in [0.15, 0.2) is 0 Å². The normalized spacial score (nSPS) is 24.4. The second-order valence-corrected chi connectivity index (χ2v) is 5.36. The summed E-state index contributed by atoms with van der Waals surface area (Å²) in [5.74, 6) is -0.923. The maximum atomic E-state index is 11.1. The van der Waals surface area contributed by atoms with Crippen molar-refractivity contribution in [2.45, 2.75) is 24.4 Å². The average Bonchev–Trinajstić information content (AvgIpc) is 2.73. The van der Waals surface area contributed by atoms with E-state index in [1.54, 1.807) is 0 Å². The van der Waals surface area contributed by atoms with Gasteiger partial charge in [-0.1, -0.05) is 54.6 Å². The van der Waals surface area contributed by atoms with Crippen LogP contribution in [0.2, 0.25) is 0 Å². The number of rotatable bonds is 3. The van der Waals surface area contributed by atoms with Crippen LogP contribution in [0, 0.1) is 0 Å². The summed E-state index contributed by atoms with van der Waals surface area (Å²) in [6, 6.07) is 17.5. The van der Waals surface area contributed by atoms with Gasteiger partial charge in [0.1, 0.15) is 5.60 Å². The molecule has 0 radical (unpaired) electrons. The Morgan fingerprint density at radius 1 is 1.10 bits per heavy atom. The maximum Gasteiger partial charge on any atom is 0.306 e. The molecule has 0 amide bonds. The zero-order chi connectivity index (χ0) is 14.2. The van der Waals surface area contributed by atoms with E-state index < -0.39 is 11.6 Å². The summed E-state index contributed by atoms with van der Waals surface area (Å²) in [5.41, 5.74) is 1.61.